The predicted octanol–water partition coefficient (Wildman–Crippen LogP) is 1.96. The molecule has 0 aliphatic rings. The van der Waals surface area contributed by atoms with Gasteiger partial charge in [-0.3, -0.25) is 0 Å². The second-order valence-corrected chi connectivity index (χ2v) is 6.34. The molecule has 1 aromatic carbocycles. The summed E-state index contributed by atoms with van der Waals surface area (Å²) in [5, 5.41) is 9.39. The number of aliphatic hydroxyl groups is 1. The Morgan fingerprint density at radius 1 is 1.32 bits per heavy atom. The molecule has 0 bridgehead atoms. The summed E-state index contributed by atoms with van der Waals surface area (Å²) in [6.07, 6.45) is 0.847. The smallest absolute Gasteiger partial charge is 0.244 e. The number of rotatable bonds is 6. The van der Waals surface area contributed by atoms with E-state index >= 15 is 0 Å². The second kappa shape index (κ2) is 5.98. The van der Waals surface area contributed by atoms with Crippen molar-refractivity contribution in [1.82, 2.24) is 4.72 Å². The molecule has 0 aliphatic heterocycles. The van der Waals surface area contributed by atoms with Gasteiger partial charge in [0.1, 0.15) is 10.7 Å². The lowest BCUT2D eigenvalue weighted by Gasteiger charge is -2.30. The van der Waals surface area contributed by atoms with Crippen LogP contribution in [0.5, 0.6) is 0 Å². The van der Waals surface area contributed by atoms with E-state index in [1.54, 1.807) is 20.8 Å². The second-order valence-electron chi connectivity index (χ2n) is 4.68. The van der Waals surface area contributed by atoms with Crippen molar-refractivity contribution in [2.75, 3.05) is 6.61 Å². The topological polar surface area (TPSA) is 66.4 Å². The van der Waals surface area contributed by atoms with Crippen LogP contribution in [0, 0.1) is 12.7 Å². The van der Waals surface area contributed by atoms with Crippen molar-refractivity contribution in [3.63, 3.8) is 0 Å². The van der Waals surface area contributed by atoms with Crippen molar-refractivity contribution in [2.45, 2.75) is 44.0 Å². The largest absolute Gasteiger partial charge is 0.394 e. The summed E-state index contributed by atoms with van der Waals surface area (Å²) in [7, 11) is -3.99. The van der Waals surface area contributed by atoms with Crippen LogP contribution in [0.3, 0.4) is 0 Å². The molecule has 19 heavy (non-hydrogen) atoms. The molecule has 0 aliphatic carbocycles. The van der Waals surface area contributed by atoms with Gasteiger partial charge in [0.05, 0.1) is 12.1 Å². The molecule has 0 atom stereocenters. The average molecular weight is 289 g/mol. The number of benzene rings is 1. The molecular weight excluding hydrogens is 269 g/mol. The van der Waals surface area contributed by atoms with Crippen LogP contribution in [-0.2, 0) is 10.0 Å². The van der Waals surface area contributed by atoms with E-state index < -0.39 is 21.4 Å². The number of aliphatic hydroxyl groups excluding tert-OH is 1. The van der Waals surface area contributed by atoms with Gasteiger partial charge in [0.25, 0.3) is 0 Å². The summed E-state index contributed by atoms with van der Waals surface area (Å²) in [5.41, 5.74) is -0.293. The molecule has 0 fully saturated rings. The Balaban J connectivity index is 3.21. The Labute approximate surface area is 113 Å². The van der Waals surface area contributed by atoms with E-state index in [-0.39, 0.29) is 11.5 Å². The molecule has 0 aromatic heterocycles. The zero-order valence-corrected chi connectivity index (χ0v) is 12.2. The molecule has 108 valence electrons. The highest BCUT2D eigenvalue weighted by atomic mass is 32.2. The minimum Gasteiger partial charge on any atom is -0.394 e. The maximum atomic E-state index is 13.7. The van der Waals surface area contributed by atoms with E-state index in [1.165, 1.54) is 12.1 Å². The van der Waals surface area contributed by atoms with Gasteiger partial charge in [-0.2, -0.15) is 0 Å². The SMILES string of the molecule is CCC(CC)(CO)NS(=O)(=O)c1cc(C)ccc1F. The van der Waals surface area contributed by atoms with Crippen LogP contribution in [0.2, 0.25) is 0 Å². The van der Waals surface area contributed by atoms with Gasteiger partial charge in [0, 0.05) is 0 Å². The molecule has 0 saturated carbocycles. The normalized spacial score (nSPS) is 12.7. The first kappa shape index (κ1) is 16.1. The zero-order valence-electron chi connectivity index (χ0n) is 11.4. The summed E-state index contributed by atoms with van der Waals surface area (Å²) in [6, 6.07) is 3.92. The maximum absolute atomic E-state index is 13.7. The number of hydrogen-bond donors (Lipinski definition) is 2. The summed E-state index contributed by atoms with van der Waals surface area (Å²) in [5.74, 6) is -0.794. The van der Waals surface area contributed by atoms with Crippen molar-refractivity contribution >= 4 is 10.0 Å². The highest BCUT2D eigenvalue weighted by Gasteiger charge is 2.32. The minimum atomic E-state index is -3.99. The first-order chi connectivity index (χ1) is 8.80. The number of halogens is 1. The van der Waals surface area contributed by atoms with Crippen molar-refractivity contribution in [2.24, 2.45) is 0 Å². The van der Waals surface area contributed by atoms with Gasteiger partial charge in [0.15, 0.2) is 0 Å². The van der Waals surface area contributed by atoms with Crippen LogP contribution in [0.4, 0.5) is 4.39 Å². The first-order valence-electron chi connectivity index (χ1n) is 6.21. The summed E-state index contributed by atoms with van der Waals surface area (Å²) in [4.78, 5) is -0.382. The average Bonchev–Trinajstić information content (AvgIpc) is 2.39. The van der Waals surface area contributed by atoms with E-state index in [0.29, 0.717) is 18.4 Å². The predicted molar refractivity (Wildman–Crippen MR) is 71.9 cm³/mol. The number of nitrogens with one attached hydrogen (secondary N) is 1. The summed E-state index contributed by atoms with van der Waals surface area (Å²) in [6.45, 7) is 4.91. The van der Waals surface area contributed by atoms with E-state index in [4.69, 9.17) is 0 Å². The van der Waals surface area contributed by atoms with Gasteiger partial charge in [-0.15, -0.1) is 0 Å². The van der Waals surface area contributed by atoms with Crippen molar-refractivity contribution < 1.29 is 17.9 Å². The van der Waals surface area contributed by atoms with Crippen LogP contribution in [-0.4, -0.2) is 25.7 Å². The van der Waals surface area contributed by atoms with Crippen molar-refractivity contribution in [1.29, 1.82) is 0 Å². The standard InChI is InChI=1S/C13H20FNO3S/c1-4-13(5-2,9-16)15-19(17,18)12-8-10(3)6-7-11(12)14/h6-8,15-16H,4-5,9H2,1-3H3. The lowest BCUT2D eigenvalue weighted by molar-refractivity contribution is 0.172. The van der Waals surface area contributed by atoms with E-state index in [9.17, 15) is 17.9 Å². The fourth-order valence-corrected chi connectivity index (χ4v) is 3.51. The Bertz CT molecular complexity index is 531. The highest BCUT2D eigenvalue weighted by molar-refractivity contribution is 7.89. The summed E-state index contributed by atoms with van der Waals surface area (Å²) >= 11 is 0. The van der Waals surface area contributed by atoms with Gasteiger partial charge >= 0.3 is 0 Å². The number of aryl methyl sites for hydroxylation is 1. The molecular formula is C13H20FNO3S. The maximum Gasteiger partial charge on any atom is 0.244 e. The van der Waals surface area contributed by atoms with E-state index in [1.807, 2.05) is 0 Å². The lowest BCUT2D eigenvalue weighted by Crippen LogP contribution is -2.50. The lowest BCUT2D eigenvalue weighted by atomic mass is 9.96. The highest BCUT2D eigenvalue weighted by Crippen LogP contribution is 2.21. The van der Waals surface area contributed by atoms with Crippen LogP contribution in [0.15, 0.2) is 23.1 Å². The minimum absolute atomic E-state index is 0.327. The number of sulfonamides is 1. The fraction of sp³-hybridized carbons (Fsp3) is 0.538. The third kappa shape index (κ3) is 3.52. The molecule has 0 radical (unpaired) electrons. The molecule has 0 heterocycles. The number of hydrogen-bond acceptors (Lipinski definition) is 3. The Morgan fingerprint density at radius 2 is 1.89 bits per heavy atom. The molecule has 2 N–H and O–H groups in total. The molecule has 0 spiro atoms. The molecule has 4 nitrogen and oxygen atoms in total. The fourth-order valence-electron chi connectivity index (χ4n) is 1.81. The molecule has 0 amide bonds. The van der Waals surface area contributed by atoms with Gasteiger partial charge in [0.2, 0.25) is 10.0 Å². The van der Waals surface area contributed by atoms with Gasteiger partial charge < -0.3 is 5.11 Å². The molecule has 0 unspecified atom stereocenters. The quantitative estimate of drug-likeness (QED) is 0.841. The molecule has 6 heteroatoms. The van der Waals surface area contributed by atoms with Gasteiger partial charge in [-0.05, 0) is 37.5 Å². The van der Waals surface area contributed by atoms with E-state index in [0.717, 1.165) is 6.07 Å². The van der Waals surface area contributed by atoms with E-state index in [2.05, 4.69) is 4.72 Å². The van der Waals surface area contributed by atoms with Crippen LogP contribution >= 0.6 is 0 Å². The Hall–Kier alpha value is -0.980. The monoisotopic (exact) mass is 289 g/mol. The molecule has 1 rings (SSSR count). The molecule has 1 aromatic rings. The van der Waals surface area contributed by atoms with Crippen molar-refractivity contribution in [3.8, 4) is 0 Å². The van der Waals surface area contributed by atoms with Crippen LogP contribution < -0.4 is 4.72 Å². The summed E-state index contributed by atoms with van der Waals surface area (Å²) < 4.78 is 40.6. The first-order valence-corrected chi connectivity index (χ1v) is 7.69. The Kier molecular flexibility index (Phi) is 5.06. The third-order valence-electron chi connectivity index (χ3n) is 3.38. The zero-order chi connectivity index (χ0) is 14.7. The third-order valence-corrected chi connectivity index (χ3v) is 4.98. The van der Waals surface area contributed by atoms with Gasteiger partial charge in [-0.25, -0.2) is 17.5 Å². The van der Waals surface area contributed by atoms with Crippen molar-refractivity contribution in [3.05, 3.63) is 29.6 Å². The molecule has 0 saturated heterocycles. The van der Waals surface area contributed by atoms with Gasteiger partial charge in [-0.1, -0.05) is 19.9 Å². The van der Waals surface area contributed by atoms with Crippen LogP contribution in [0.1, 0.15) is 32.3 Å². The van der Waals surface area contributed by atoms with Crippen LogP contribution in [0.25, 0.3) is 0 Å². The Morgan fingerprint density at radius 3 is 2.37 bits per heavy atom.